The topological polar surface area (TPSA) is 69.8 Å². The zero-order chi connectivity index (χ0) is 24.6. The predicted octanol–water partition coefficient (Wildman–Crippen LogP) is 3.99. The van der Waals surface area contributed by atoms with Gasteiger partial charge in [0.05, 0.1) is 26.4 Å². The molecule has 1 saturated heterocycles. The first-order valence-electron chi connectivity index (χ1n) is 11.9. The lowest BCUT2D eigenvalue weighted by atomic mass is 10.1. The van der Waals surface area contributed by atoms with E-state index in [4.69, 9.17) is 21.7 Å². The third-order valence-corrected chi connectivity index (χ3v) is 6.31. The van der Waals surface area contributed by atoms with Gasteiger partial charge in [0, 0.05) is 48.3 Å². The first-order chi connectivity index (χ1) is 17.0. The van der Waals surface area contributed by atoms with Crippen LogP contribution in [0, 0.1) is 5.82 Å². The molecule has 4 rings (SSSR count). The molecule has 0 spiro atoms. The molecular formula is C26H31FN4O3S. The van der Waals surface area contributed by atoms with E-state index in [2.05, 4.69) is 15.2 Å². The van der Waals surface area contributed by atoms with E-state index in [0.29, 0.717) is 36.1 Å². The van der Waals surface area contributed by atoms with Crippen LogP contribution in [0.4, 0.5) is 10.1 Å². The maximum Gasteiger partial charge on any atom is 0.253 e. The van der Waals surface area contributed by atoms with Gasteiger partial charge in [-0.15, -0.1) is 0 Å². The molecule has 2 heterocycles. The minimum Gasteiger partial charge on any atom is -0.494 e. The summed E-state index contributed by atoms with van der Waals surface area (Å²) in [6.45, 7) is 7.80. The third-order valence-electron chi connectivity index (χ3n) is 5.95. The maximum atomic E-state index is 13.3. The number of fused-ring (bicyclic) bond motifs is 1. The number of benzene rings is 2. The Hall–Kier alpha value is -3.01. The van der Waals surface area contributed by atoms with Crippen LogP contribution in [-0.4, -0.2) is 65.9 Å². The number of anilines is 1. The van der Waals surface area contributed by atoms with Gasteiger partial charge in [0.1, 0.15) is 11.6 Å². The van der Waals surface area contributed by atoms with Gasteiger partial charge in [-0.05, 0) is 74.1 Å². The molecule has 0 unspecified atom stereocenters. The summed E-state index contributed by atoms with van der Waals surface area (Å²) in [7, 11) is 0. The second-order valence-electron chi connectivity index (χ2n) is 8.47. The standard InChI is InChI=1S/C26H31FN4O3S/c1-2-34-23-8-9-24-19(17-23)16-20(25(32)29-24)18-31(11-3-10-30-12-14-33-15-13-30)26(35)28-22-6-4-21(27)5-7-22/h4-9,16-17H,2-3,10-15,18H2,1H3,(H,28,35)(H,29,32). The molecule has 7 nitrogen and oxygen atoms in total. The summed E-state index contributed by atoms with van der Waals surface area (Å²) >= 11 is 5.71. The quantitative estimate of drug-likeness (QED) is 0.433. The van der Waals surface area contributed by atoms with Crippen molar-refractivity contribution in [2.24, 2.45) is 0 Å². The average molecular weight is 499 g/mol. The molecular weight excluding hydrogens is 467 g/mol. The number of aromatic amines is 1. The zero-order valence-corrected chi connectivity index (χ0v) is 20.7. The van der Waals surface area contributed by atoms with E-state index in [1.807, 2.05) is 36.1 Å². The summed E-state index contributed by atoms with van der Waals surface area (Å²) in [6.07, 6.45) is 0.880. The largest absolute Gasteiger partial charge is 0.494 e. The predicted molar refractivity (Wildman–Crippen MR) is 141 cm³/mol. The van der Waals surface area contributed by atoms with Crippen molar-refractivity contribution in [1.82, 2.24) is 14.8 Å². The fourth-order valence-corrected chi connectivity index (χ4v) is 4.38. The number of nitrogens with one attached hydrogen (secondary N) is 2. The van der Waals surface area contributed by atoms with Crippen LogP contribution in [-0.2, 0) is 11.3 Å². The highest BCUT2D eigenvalue weighted by atomic mass is 32.1. The lowest BCUT2D eigenvalue weighted by Crippen LogP contribution is -2.40. The summed E-state index contributed by atoms with van der Waals surface area (Å²) in [5.74, 6) is 0.451. The van der Waals surface area contributed by atoms with Crippen molar-refractivity contribution in [3.05, 3.63) is 70.3 Å². The van der Waals surface area contributed by atoms with E-state index in [0.717, 1.165) is 55.9 Å². The van der Waals surface area contributed by atoms with Gasteiger partial charge in [0.2, 0.25) is 0 Å². The molecule has 0 radical (unpaired) electrons. The number of hydrogen-bond donors (Lipinski definition) is 2. The van der Waals surface area contributed by atoms with Crippen LogP contribution >= 0.6 is 12.2 Å². The number of thiocarbonyl (C=S) groups is 1. The van der Waals surface area contributed by atoms with E-state index in [9.17, 15) is 9.18 Å². The average Bonchev–Trinajstić information content (AvgIpc) is 2.86. The van der Waals surface area contributed by atoms with Crippen molar-refractivity contribution in [3.63, 3.8) is 0 Å². The third kappa shape index (κ3) is 7.00. The molecule has 2 N–H and O–H groups in total. The number of ether oxygens (including phenoxy) is 2. The zero-order valence-electron chi connectivity index (χ0n) is 19.9. The second kappa shape index (κ2) is 12.1. The Morgan fingerprint density at radius 3 is 2.71 bits per heavy atom. The fourth-order valence-electron chi connectivity index (χ4n) is 4.11. The summed E-state index contributed by atoms with van der Waals surface area (Å²) < 4.78 is 24.4. The minimum absolute atomic E-state index is 0.149. The molecule has 0 aliphatic carbocycles. The molecule has 35 heavy (non-hydrogen) atoms. The Kier molecular flexibility index (Phi) is 8.68. The molecule has 2 aromatic carbocycles. The molecule has 0 atom stereocenters. The number of aromatic nitrogens is 1. The van der Waals surface area contributed by atoms with E-state index >= 15 is 0 Å². The summed E-state index contributed by atoms with van der Waals surface area (Å²) in [4.78, 5) is 20.2. The van der Waals surface area contributed by atoms with Gasteiger partial charge >= 0.3 is 0 Å². The summed E-state index contributed by atoms with van der Waals surface area (Å²) in [5.41, 5.74) is 1.92. The Bertz CT molecular complexity index is 1200. The van der Waals surface area contributed by atoms with Gasteiger partial charge in [0.15, 0.2) is 5.11 Å². The number of halogens is 1. The Balaban J connectivity index is 1.52. The number of H-pyrrole nitrogens is 1. The van der Waals surface area contributed by atoms with Gasteiger partial charge in [-0.3, -0.25) is 9.69 Å². The van der Waals surface area contributed by atoms with Crippen molar-refractivity contribution in [2.45, 2.75) is 19.9 Å². The first kappa shape index (κ1) is 25.1. The van der Waals surface area contributed by atoms with Crippen LogP contribution in [0.2, 0.25) is 0 Å². The summed E-state index contributed by atoms with van der Waals surface area (Å²) in [6, 6.07) is 13.6. The van der Waals surface area contributed by atoms with E-state index < -0.39 is 0 Å². The number of hydrogen-bond acceptors (Lipinski definition) is 5. The molecule has 186 valence electrons. The highest BCUT2D eigenvalue weighted by Crippen LogP contribution is 2.20. The van der Waals surface area contributed by atoms with Crippen molar-refractivity contribution in [1.29, 1.82) is 0 Å². The van der Waals surface area contributed by atoms with Crippen LogP contribution in [0.1, 0.15) is 18.9 Å². The molecule has 9 heteroatoms. The molecule has 0 saturated carbocycles. The summed E-state index contributed by atoms with van der Waals surface area (Å²) in [5, 5.41) is 4.57. The minimum atomic E-state index is -0.307. The Morgan fingerprint density at radius 2 is 1.97 bits per heavy atom. The van der Waals surface area contributed by atoms with Crippen molar-refractivity contribution in [2.75, 3.05) is 51.3 Å². The number of pyridine rings is 1. The smallest absolute Gasteiger partial charge is 0.253 e. The van der Waals surface area contributed by atoms with Crippen molar-refractivity contribution in [3.8, 4) is 5.75 Å². The lowest BCUT2D eigenvalue weighted by molar-refractivity contribution is 0.0367. The SMILES string of the molecule is CCOc1ccc2[nH]c(=O)c(CN(CCCN3CCOCC3)C(=S)Nc3ccc(F)cc3)cc2c1. The molecule has 1 aliphatic heterocycles. The van der Waals surface area contributed by atoms with Crippen molar-refractivity contribution < 1.29 is 13.9 Å². The molecule has 1 fully saturated rings. The highest BCUT2D eigenvalue weighted by molar-refractivity contribution is 7.80. The van der Waals surface area contributed by atoms with E-state index in [1.54, 1.807) is 12.1 Å². The maximum absolute atomic E-state index is 13.3. The number of rotatable bonds is 9. The number of nitrogens with zero attached hydrogens (tertiary/aromatic N) is 2. The Morgan fingerprint density at radius 1 is 1.20 bits per heavy atom. The van der Waals surface area contributed by atoms with Crippen LogP contribution in [0.25, 0.3) is 10.9 Å². The molecule has 0 amide bonds. The van der Waals surface area contributed by atoms with Crippen LogP contribution in [0.5, 0.6) is 5.75 Å². The molecule has 0 bridgehead atoms. The first-order valence-corrected chi connectivity index (χ1v) is 12.3. The molecule has 3 aromatic rings. The van der Waals surface area contributed by atoms with Crippen molar-refractivity contribution >= 4 is 33.9 Å². The normalized spacial score (nSPS) is 14.1. The second-order valence-corrected chi connectivity index (χ2v) is 8.86. The van der Waals surface area contributed by atoms with Crippen LogP contribution in [0.3, 0.4) is 0 Å². The molecule has 1 aliphatic rings. The fraction of sp³-hybridized carbons (Fsp3) is 0.385. The molecule has 1 aromatic heterocycles. The number of morpholine rings is 1. The van der Waals surface area contributed by atoms with E-state index in [1.165, 1.54) is 12.1 Å². The van der Waals surface area contributed by atoms with E-state index in [-0.39, 0.29) is 11.4 Å². The van der Waals surface area contributed by atoms with Crippen LogP contribution in [0.15, 0.2) is 53.3 Å². The van der Waals surface area contributed by atoms with Gasteiger partial charge in [-0.2, -0.15) is 0 Å². The Labute approximate surface area is 209 Å². The van der Waals surface area contributed by atoms with Crippen LogP contribution < -0.4 is 15.6 Å². The van der Waals surface area contributed by atoms with Gasteiger partial charge in [-0.1, -0.05) is 0 Å². The highest BCUT2D eigenvalue weighted by Gasteiger charge is 2.16. The van der Waals surface area contributed by atoms with Gasteiger partial charge in [-0.25, -0.2) is 4.39 Å². The lowest BCUT2D eigenvalue weighted by Gasteiger charge is -2.29. The monoisotopic (exact) mass is 498 g/mol. The van der Waals surface area contributed by atoms with Gasteiger partial charge < -0.3 is 24.7 Å². The van der Waals surface area contributed by atoms with Gasteiger partial charge in [0.25, 0.3) is 5.56 Å².